The number of benzene rings is 1. The summed E-state index contributed by atoms with van der Waals surface area (Å²) in [6, 6.07) is 6.46. The number of halogens is 1. The maximum Gasteiger partial charge on any atom is 0.224 e. The van der Waals surface area contributed by atoms with Crippen molar-refractivity contribution in [2.45, 2.75) is 51.6 Å². The van der Waals surface area contributed by atoms with Gasteiger partial charge in [-0.15, -0.1) is 0 Å². The lowest BCUT2D eigenvalue weighted by Gasteiger charge is -2.20. The minimum Gasteiger partial charge on any atom is -0.381 e. The Bertz CT molecular complexity index is 486. The van der Waals surface area contributed by atoms with Crippen molar-refractivity contribution in [2.75, 3.05) is 17.2 Å². The van der Waals surface area contributed by atoms with Crippen molar-refractivity contribution in [1.29, 1.82) is 0 Å². The van der Waals surface area contributed by atoms with Crippen molar-refractivity contribution in [3.63, 3.8) is 0 Å². The molecule has 1 aliphatic heterocycles. The Balaban J connectivity index is 1.97. The number of hydrogen-bond donors (Lipinski definition) is 3. The lowest BCUT2D eigenvalue weighted by atomic mass is 10.1. The number of carbonyl (C=O) groups is 1. The summed E-state index contributed by atoms with van der Waals surface area (Å²) in [6.07, 6.45) is 4.04. The SMILES string of the molecule is CCC(=O)Nc1ccc(Cl)c(NC(C)CC2CCCN2)c1. The zero-order chi connectivity index (χ0) is 15.2. The van der Waals surface area contributed by atoms with Gasteiger partial charge in [0.15, 0.2) is 0 Å². The summed E-state index contributed by atoms with van der Waals surface area (Å²) in [5.41, 5.74) is 1.65. The Hall–Kier alpha value is -1.26. The highest BCUT2D eigenvalue weighted by Crippen LogP contribution is 2.27. The van der Waals surface area contributed by atoms with Crippen LogP contribution in [0.3, 0.4) is 0 Å². The fourth-order valence-corrected chi connectivity index (χ4v) is 2.84. The highest BCUT2D eigenvalue weighted by molar-refractivity contribution is 6.33. The molecular weight excluding hydrogens is 286 g/mol. The lowest BCUT2D eigenvalue weighted by Crippen LogP contribution is -2.29. The van der Waals surface area contributed by atoms with Crippen LogP contribution in [0.2, 0.25) is 5.02 Å². The third-order valence-electron chi connectivity index (χ3n) is 3.77. The van der Waals surface area contributed by atoms with E-state index in [9.17, 15) is 4.79 Å². The van der Waals surface area contributed by atoms with E-state index in [0.717, 1.165) is 24.3 Å². The van der Waals surface area contributed by atoms with E-state index in [2.05, 4.69) is 22.9 Å². The van der Waals surface area contributed by atoms with E-state index < -0.39 is 0 Å². The highest BCUT2D eigenvalue weighted by Gasteiger charge is 2.17. The lowest BCUT2D eigenvalue weighted by molar-refractivity contribution is -0.115. The van der Waals surface area contributed by atoms with Crippen LogP contribution in [0.1, 0.15) is 39.5 Å². The van der Waals surface area contributed by atoms with Crippen LogP contribution in [0.5, 0.6) is 0 Å². The molecule has 116 valence electrons. The summed E-state index contributed by atoms with van der Waals surface area (Å²) < 4.78 is 0. The van der Waals surface area contributed by atoms with Crippen LogP contribution in [-0.2, 0) is 4.79 Å². The van der Waals surface area contributed by atoms with E-state index in [1.807, 2.05) is 25.1 Å². The van der Waals surface area contributed by atoms with Gasteiger partial charge in [0.2, 0.25) is 5.91 Å². The third kappa shape index (κ3) is 4.90. The molecule has 0 aromatic heterocycles. The van der Waals surface area contributed by atoms with E-state index in [4.69, 9.17) is 11.6 Å². The van der Waals surface area contributed by atoms with Gasteiger partial charge in [-0.3, -0.25) is 4.79 Å². The zero-order valence-corrected chi connectivity index (χ0v) is 13.5. The molecule has 3 N–H and O–H groups in total. The van der Waals surface area contributed by atoms with Crippen LogP contribution in [0.4, 0.5) is 11.4 Å². The molecule has 0 spiro atoms. The first kappa shape index (κ1) is 16.1. The first-order valence-corrected chi connectivity index (χ1v) is 8.05. The maximum absolute atomic E-state index is 11.5. The Labute approximate surface area is 131 Å². The number of rotatable bonds is 6. The van der Waals surface area contributed by atoms with Crippen molar-refractivity contribution in [1.82, 2.24) is 5.32 Å². The van der Waals surface area contributed by atoms with Gasteiger partial charge in [-0.2, -0.15) is 0 Å². The second-order valence-corrected chi connectivity index (χ2v) is 6.08. The molecule has 21 heavy (non-hydrogen) atoms. The molecule has 1 heterocycles. The average molecular weight is 310 g/mol. The van der Waals surface area contributed by atoms with Crippen molar-refractivity contribution >= 4 is 28.9 Å². The maximum atomic E-state index is 11.5. The number of amides is 1. The van der Waals surface area contributed by atoms with Gasteiger partial charge in [0.1, 0.15) is 0 Å². The summed E-state index contributed by atoms with van der Waals surface area (Å²) in [5, 5.41) is 10.5. The number of carbonyl (C=O) groups excluding carboxylic acids is 1. The largest absolute Gasteiger partial charge is 0.381 e. The summed E-state index contributed by atoms with van der Waals surface area (Å²) in [4.78, 5) is 11.5. The Morgan fingerprint density at radius 1 is 1.52 bits per heavy atom. The van der Waals surface area contributed by atoms with E-state index in [1.165, 1.54) is 12.8 Å². The van der Waals surface area contributed by atoms with Crippen LogP contribution in [0, 0.1) is 0 Å². The second kappa shape index (κ2) is 7.66. The van der Waals surface area contributed by atoms with Gasteiger partial charge < -0.3 is 16.0 Å². The fourth-order valence-electron chi connectivity index (χ4n) is 2.67. The molecule has 0 radical (unpaired) electrons. The topological polar surface area (TPSA) is 53.2 Å². The van der Waals surface area contributed by atoms with Gasteiger partial charge in [0.05, 0.1) is 10.7 Å². The number of nitrogens with one attached hydrogen (secondary N) is 3. The van der Waals surface area contributed by atoms with Gasteiger partial charge in [0, 0.05) is 24.2 Å². The number of anilines is 2. The quantitative estimate of drug-likeness (QED) is 0.752. The Morgan fingerprint density at radius 2 is 2.33 bits per heavy atom. The predicted molar refractivity (Wildman–Crippen MR) is 89.1 cm³/mol. The van der Waals surface area contributed by atoms with Crippen LogP contribution in [0.15, 0.2) is 18.2 Å². The van der Waals surface area contributed by atoms with Gasteiger partial charge in [-0.05, 0) is 50.9 Å². The van der Waals surface area contributed by atoms with Gasteiger partial charge >= 0.3 is 0 Å². The van der Waals surface area contributed by atoms with Gasteiger partial charge in [0.25, 0.3) is 0 Å². The van der Waals surface area contributed by atoms with E-state index >= 15 is 0 Å². The zero-order valence-electron chi connectivity index (χ0n) is 12.7. The minimum absolute atomic E-state index is 0.00600. The predicted octanol–water partition coefficient (Wildman–Crippen LogP) is 3.63. The summed E-state index contributed by atoms with van der Waals surface area (Å²) in [5.74, 6) is 0.00600. The molecule has 0 aliphatic carbocycles. The monoisotopic (exact) mass is 309 g/mol. The summed E-state index contributed by atoms with van der Waals surface area (Å²) >= 11 is 6.24. The third-order valence-corrected chi connectivity index (χ3v) is 4.10. The molecular formula is C16H24ClN3O. The van der Waals surface area contributed by atoms with Crippen molar-refractivity contribution < 1.29 is 4.79 Å². The fraction of sp³-hybridized carbons (Fsp3) is 0.562. The molecule has 1 aromatic carbocycles. The van der Waals surface area contributed by atoms with Crippen molar-refractivity contribution in [3.8, 4) is 0 Å². The van der Waals surface area contributed by atoms with E-state index in [1.54, 1.807) is 0 Å². The van der Waals surface area contributed by atoms with Crippen molar-refractivity contribution in [3.05, 3.63) is 23.2 Å². The molecule has 4 nitrogen and oxygen atoms in total. The summed E-state index contributed by atoms with van der Waals surface area (Å²) in [6.45, 7) is 5.12. The van der Waals surface area contributed by atoms with Crippen molar-refractivity contribution in [2.24, 2.45) is 0 Å². The molecule has 1 saturated heterocycles. The molecule has 5 heteroatoms. The first-order chi connectivity index (χ1) is 10.1. The van der Waals surface area contributed by atoms with Gasteiger partial charge in [-0.1, -0.05) is 18.5 Å². The van der Waals surface area contributed by atoms with Crippen LogP contribution in [0.25, 0.3) is 0 Å². The summed E-state index contributed by atoms with van der Waals surface area (Å²) in [7, 11) is 0. The van der Waals surface area contributed by atoms with E-state index in [-0.39, 0.29) is 5.91 Å². The van der Waals surface area contributed by atoms with Gasteiger partial charge in [-0.25, -0.2) is 0 Å². The molecule has 1 aliphatic rings. The molecule has 1 aromatic rings. The molecule has 2 unspecified atom stereocenters. The molecule has 0 saturated carbocycles. The Morgan fingerprint density at radius 3 is 3.00 bits per heavy atom. The average Bonchev–Trinajstić information content (AvgIpc) is 2.95. The standard InChI is InChI=1S/C16H24ClN3O/c1-3-16(21)20-13-6-7-14(17)15(10-13)19-11(2)9-12-5-4-8-18-12/h6-7,10-12,18-19H,3-5,8-9H2,1-2H3,(H,20,21). The molecule has 1 amide bonds. The molecule has 1 fully saturated rings. The smallest absolute Gasteiger partial charge is 0.224 e. The molecule has 2 rings (SSSR count). The molecule has 0 bridgehead atoms. The second-order valence-electron chi connectivity index (χ2n) is 5.67. The van der Waals surface area contributed by atoms with Crippen LogP contribution < -0.4 is 16.0 Å². The van der Waals surface area contributed by atoms with E-state index in [0.29, 0.717) is 23.5 Å². The van der Waals surface area contributed by atoms with Crippen LogP contribution in [-0.4, -0.2) is 24.5 Å². The Kier molecular flexibility index (Phi) is 5.88. The van der Waals surface area contributed by atoms with Crippen LogP contribution >= 0.6 is 11.6 Å². The normalized spacial score (nSPS) is 19.3. The molecule has 2 atom stereocenters. The minimum atomic E-state index is 0.00600. The number of hydrogen-bond acceptors (Lipinski definition) is 3. The highest BCUT2D eigenvalue weighted by atomic mass is 35.5. The first-order valence-electron chi connectivity index (χ1n) is 7.67.